The Morgan fingerprint density at radius 2 is 1.81 bits per heavy atom. The normalized spacial score (nSPS) is 10.7. The molecule has 2 heterocycles. The number of amides is 1. The van der Waals surface area contributed by atoms with Crippen molar-refractivity contribution in [2.75, 3.05) is 19.1 Å². The Balaban J connectivity index is 1.77. The van der Waals surface area contributed by atoms with Crippen molar-refractivity contribution in [1.82, 2.24) is 20.2 Å². The zero-order valence-corrected chi connectivity index (χ0v) is 14.9. The van der Waals surface area contributed by atoms with Crippen LogP contribution in [0.1, 0.15) is 10.5 Å². The first kappa shape index (κ1) is 16.7. The third-order valence-corrected chi connectivity index (χ3v) is 4.31. The number of rotatable bonds is 4. The second kappa shape index (κ2) is 6.87. The van der Waals surface area contributed by atoms with E-state index in [2.05, 4.69) is 20.2 Å². The van der Waals surface area contributed by atoms with Gasteiger partial charge in [0.2, 0.25) is 0 Å². The summed E-state index contributed by atoms with van der Waals surface area (Å²) >= 11 is 0. The lowest BCUT2D eigenvalue weighted by molar-refractivity contribution is 0.0988. The highest BCUT2D eigenvalue weighted by Crippen LogP contribution is 2.31. The van der Waals surface area contributed by atoms with E-state index in [1.54, 1.807) is 19.1 Å². The van der Waals surface area contributed by atoms with Gasteiger partial charge in [0.25, 0.3) is 5.91 Å². The molecule has 4 rings (SSSR count). The summed E-state index contributed by atoms with van der Waals surface area (Å²) in [4.78, 5) is 23.2. The van der Waals surface area contributed by atoms with Crippen molar-refractivity contribution in [1.29, 1.82) is 0 Å². The first-order valence-electron chi connectivity index (χ1n) is 8.36. The molecule has 0 saturated heterocycles. The maximum Gasteiger partial charge on any atom is 0.278 e. The van der Waals surface area contributed by atoms with E-state index in [9.17, 15) is 4.79 Å². The van der Waals surface area contributed by atoms with Crippen LogP contribution < -0.4 is 9.64 Å². The first-order valence-corrected chi connectivity index (χ1v) is 8.36. The number of hydrogen-bond donors (Lipinski definition) is 1. The smallest absolute Gasteiger partial charge is 0.278 e. The average Bonchev–Trinajstić information content (AvgIpc) is 3.16. The number of nitrogens with one attached hydrogen (secondary N) is 1. The maximum absolute atomic E-state index is 12.8. The summed E-state index contributed by atoms with van der Waals surface area (Å²) < 4.78 is 5.42. The van der Waals surface area contributed by atoms with Crippen LogP contribution in [-0.4, -0.2) is 40.2 Å². The molecule has 1 amide bonds. The number of benzene rings is 2. The van der Waals surface area contributed by atoms with Gasteiger partial charge in [-0.3, -0.25) is 9.89 Å². The maximum atomic E-state index is 12.8. The monoisotopic (exact) mass is 359 g/mol. The van der Waals surface area contributed by atoms with E-state index in [1.165, 1.54) is 6.20 Å². The molecule has 0 aliphatic carbocycles. The van der Waals surface area contributed by atoms with Crippen LogP contribution in [0.5, 0.6) is 5.75 Å². The largest absolute Gasteiger partial charge is 0.496 e. The number of H-pyrrole nitrogens is 1. The van der Waals surface area contributed by atoms with Gasteiger partial charge < -0.3 is 9.64 Å². The van der Waals surface area contributed by atoms with Crippen molar-refractivity contribution >= 4 is 22.8 Å². The highest BCUT2D eigenvalue weighted by molar-refractivity contribution is 6.05. The Morgan fingerprint density at radius 1 is 1.07 bits per heavy atom. The molecule has 2 aromatic carbocycles. The number of nitrogens with zero attached hydrogens (tertiary/aromatic N) is 4. The second-order valence-electron chi connectivity index (χ2n) is 5.93. The molecule has 7 heteroatoms. The molecule has 27 heavy (non-hydrogen) atoms. The van der Waals surface area contributed by atoms with Gasteiger partial charge in [-0.2, -0.15) is 5.10 Å². The Hall–Kier alpha value is -3.74. The summed E-state index contributed by atoms with van der Waals surface area (Å²) in [5.74, 6) is 0.436. The van der Waals surface area contributed by atoms with Crippen molar-refractivity contribution in [3.8, 4) is 17.0 Å². The SMILES string of the molecule is COc1ccccc1-c1[nH]nc2ncc(C(=O)N(C)c3ccccc3)nc12. The number of aromatic amines is 1. The molecular formula is C20H17N5O2. The molecule has 1 N–H and O–H groups in total. The Labute approximate surface area is 155 Å². The number of carbonyl (C=O) groups excluding carboxylic acids is 1. The van der Waals surface area contributed by atoms with Crippen LogP contribution in [0.3, 0.4) is 0 Å². The third-order valence-electron chi connectivity index (χ3n) is 4.31. The van der Waals surface area contributed by atoms with Crippen molar-refractivity contribution in [2.24, 2.45) is 0 Å². The average molecular weight is 359 g/mol. The van der Waals surface area contributed by atoms with Crippen LogP contribution >= 0.6 is 0 Å². The summed E-state index contributed by atoms with van der Waals surface area (Å²) in [6.45, 7) is 0. The van der Waals surface area contributed by atoms with Crippen LogP contribution in [0.25, 0.3) is 22.4 Å². The minimum atomic E-state index is -0.247. The van der Waals surface area contributed by atoms with Gasteiger partial charge in [-0.1, -0.05) is 30.3 Å². The summed E-state index contributed by atoms with van der Waals surface area (Å²) in [7, 11) is 3.31. The molecule has 4 aromatic rings. The number of anilines is 1. The molecule has 7 nitrogen and oxygen atoms in total. The Bertz CT molecular complexity index is 1110. The van der Waals surface area contributed by atoms with E-state index >= 15 is 0 Å². The molecule has 0 unspecified atom stereocenters. The van der Waals surface area contributed by atoms with Crippen molar-refractivity contribution < 1.29 is 9.53 Å². The number of para-hydroxylation sites is 2. The molecule has 0 aliphatic rings. The van der Waals surface area contributed by atoms with Gasteiger partial charge in [-0.25, -0.2) is 9.97 Å². The van der Waals surface area contributed by atoms with Gasteiger partial charge in [-0.15, -0.1) is 0 Å². The molecule has 0 atom stereocenters. The molecule has 0 radical (unpaired) electrons. The van der Waals surface area contributed by atoms with Crippen LogP contribution in [0.15, 0.2) is 60.8 Å². The van der Waals surface area contributed by atoms with Crippen LogP contribution in [-0.2, 0) is 0 Å². The highest BCUT2D eigenvalue weighted by atomic mass is 16.5. The zero-order valence-electron chi connectivity index (χ0n) is 14.9. The zero-order chi connectivity index (χ0) is 18.8. The highest BCUT2D eigenvalue weighted by Gasteiger charge is 2.19. The number of hydrogen-bond acceptors (Lipinski definition) is 5. The number of ether oxygens (including phenoxy) is 1. The molecule has 0 spiro atoms. The topological polar surface area (TPSA) is 84.0 Å². The molecular weight excluding hydrogens is 342 g/mol. The van der Waals surface area contributed by atoms with Gasteiger partial charge in [-0.05, 0) is 24.3 Å². The fourth-order valence-corrected chi connectivity index (χ4v) is 2.88. The molecule has 0 fully saturated rings. The third kappa shape index (κ3) is 2.99. The lowest BCUT2D eigenvalue weighted by atomic mass is 10.1. The molecule has 0 saturated carbocycles. The number of fused-ring (bicyclic) bond motifs is 1. The number of carbonyl (C=O) groups is 1. The second-order valence-corrected chi connectivity index (χ2v) is 5.93. The van der Waals surface area contributed by atoms with Crippen molar-refractivity contribution in [3.05, 3.63) is 66.5 Å². The van der Waals surface area contributed by atoms with Crippen LogP contribution in [0.4, 0.5) is 5.69 Å². The van der Waals surface area contributed by atoms with Gasteiger partial charge in [0.05, 0.1) is 19.0 Å². The Morgan fingerprint density at radius 3 is 2.59 bits per heavy atom. The summed E-state index contributed by atoms with van der Waals surface area (Å²) in [6, 6.07) is 16.9. The van der Waals surface area contributed by atoms with Gasteiger partial charge in [0.1, 0.15) is 17.0 Å². The van der Waals surface area contributed by atoms with E-state index < -0.39 is 0 Å². The van der Waals surface area contributed by atoms with Crippen LogP contribution in [0.2, 0.25) is 0 Å². The molecule has 134 valence electrons. The summed E-state index contributed by atoms with van der Waals surface area (Å²) in [5, 5.41) is 7.15. The van der Waals surface area contributed by atoms with E-state index in [1.807, 2.05) is 54.6 Å². The van der Waals surface area contributed by atoms with Crippen molar-refractivity contribution in [3.63, 3.8) is 0 Å². The number of methoxy groups -OCH3 is 1. The minimum absolute atomic E-state index is 0.242. The van der Waals surface area contributed by atoms with Gasteiger partial charge in [0.15, 0.2) is 5.65 Å². The van der Waals surface area contributed by atoms with E-state index in [-0.39, 0.29) is 11.6 Å². The molecule has 2 aromatic heterocycles. The lowest BCUT2D eigenvalue weighted by Gasteiger charge is -2.16. The van der Waals surface area contributed by atoms with E-state index in [0.717, 1.165) is 11.3 Å². The molecule has 0 aliphatic heterocycles. The number of aromatic nitrogens is 4. The predicted molar refractivity (Wildman–Crippen MR) is 103 cm³/mol. The quantitative estimate of drug-likeness (QED) is 0.604. The van der Waals surface area contributed by atoms with Gasteiger partial charge >= 0.3 is 0 Å². The minimum Gasteiger partial charge on any atom is -0.496 e. The predicted octanol–water partition coefficient (Wildman–Crippen LogP) is 3.31. The van der Waals surface area contributed by atoms with Crippen LogP contribution in [0, 0.1) is 0 Å². The van der Waals surface area contributed by atoms with E-state index in [0.29, 0.717) is 22.6 Å². The lowest BCUT2D eigenvalue weighted by Crippen LogP contribution is -2.27. The van der Waals surface area contributed by atoms with Gasteiger partial charge in [0, 0.05) is 18.3 Å². The standard InChI is InChI=1S/C20H17N5O2/c1-25(13-8-4-3-5-9-13)20(26)15-12-21-19-18(22-15)17(23-24-19)14-10-6-7-11-16(14)27-2/h3-12H,1-2H3,(H,21,23,24). The first-order chi connectivity index (χ1) is 13.2. The summed E-state index contributed by atoms with van der Waals surface area (Å²) in [5.41, 5.74) is 3.44. The van der Waals surface area contributed by atoms with E-state index in [4.69, 9.17) is 4.74 Å². The fraction of sp³-hybridized carbons (Fsp3) is 0.100. The Kier molecular flexibility index (Phi) is 4.25. The van der Waals surface area contributed by atoms with Crippen molar-refractivity contribution in [2.45, 2.75) is 0 Å². The summed E-state index contributed by atoms with van der Waals surface area (Å²) in [6.07, 6.45) is 1.44. The molecule has 0 bridgehead atoms. The fourth-order valence-electron chi connectivity index (χ4n) is 2.88.